The number of benzene rings is 1. The summed E-state index contributed by atoms with van der Waals surface area (Å²) in [5.74, 6) is 1.89. The summed E-state index contributed by atoms with van der Waals surface area (Å²) in [5.41, 5.74) is 7.67. The van der Waals surface area contributed by atoms with Crippen LogP contribution in [0.15, 0.2) is 35.0 Å². The van der Waals surface area contributed by atoms with Gasteiger partial charge in [0.25, 0.3) is 0 Å². The maximum absolute atomic E-state index is 5.61. The van der Waals surface area contributed by atoms with E-state index >= 15 is 0 Å². The van der Waals surface area contributed by atoms with E-state index in [-0.39, 0.29) is 0 Å². The van der Waals surface area contributed by atoms with Crippen LogP contribution in [0.3, 0.4) is 0 Å². The van der Waals surface area contributed by atoms with Gasteiger partial charge in [-0.3, -0.25) is 0 Å². The summed E-state index contributed by atoms with van der Waals surface area (Å²) in [4.78, 5) is 0. The van der Waals surface area contributed by atoms with Crippen LogP contribution in [0.4, 0.5) is 5.82 Å². The molecule has 98 valence electrons. The van der Waals surface area contributed by atoms with E-state index in [0.29, 0.717) is 18.2 Å². The summed E-state index contributed by atoms with van der Waals surface area (Å²) in [6, 6.07) is 7.73. The average molecular weight is 257 g/mol. The first-order valence-corrected chi connectivity index (χ1v) is 6.13. The van der Waals surface area contributed by atoms with Gasteiger partial charge in [-0.2, -0.15) is 0 Å². The second-order valence-electron chi connectivity index (χ2n) is 4.38. The van der Waals surface area contributed by atoms with Crippen LogP contribution < -0.4 is 10.5 Å². The van der Waals surface area contributed by atoms with Crippen LogP contribution in [0.25, 0.3) is 22.2 Å². The Morgan fingerprint density at radius 2 is 2.21 bits per heavy atom. The molecule has 0 bridgehead atoms. The quantitative estimate of drug-likeness (QED) is 0.783. The number of rotatable bonds is 3. The third-order valence-electron chi connectivity index (χ3n) is 3.07. The molecule has 19 heavy (non-hydrogen) atoms. The normalized spacial score (nSPS) is 11.1. The molecule has 0 saturated carbocycles. The van der Waals surface area contributed by atoms with Crippen molar-refractivity contribution in [1.29, 1.82) is 0 Å². The lowest BCUT2D eigenvalue weighted by Gasteiger charge is -2.03. The molecule has 0 saturated heterocycles. The molecule has 2 heterocycles. The average Bonchev–Trinajstić information content (AvgIpc) is 2.94. The Kier molecular flexibility index (Phi) is 2.67. The second-order valence-corrected chi connectivity index (χ2v) is 4.38. The van der Waals surface area contributed by atoms with E-state index in [2.05, 4.69) is 5.16 Å². The Morgan fingerprint density at radius 3 is 2.89 bits per heavy atom. The first kappa shape index (κ1) is 11.6. The van der Waals surface area contributed by atoms with E-state index in [1.54, 1.807) is 6.07 Å². The zero-order valence-electron chi connectivity index (χ0n) is 10.9. The molecule has 0 radical (unpaired) electrons. The maximum atomic E-state index is 5.61. The molecule has 2 N–H and O–H groups in total. The van der Waals surface area contributed by atoms with Crippen LogP contribution in [0.1, 0.15) is 6.92 Å². The molecule has 0 amide bonds. The first-order valence-electron chi connectivity index (χ1n) is 6.13. The van der Waals surface area contributed by atoms with Gasteiger partial charge in [0.15, 0.2) is 11.6 Å². The van der Waals surface area contributed by atoms with Gasteiger partial charge in [0, 0.05) is 35.8 Å². The standard InChI is InChI=1S/C14H15N3O2/c1-3-18-9-4-5-12-10(6-9)11(8-17(12)2)13-7-14(15)16-19-13/h4-8H,3H2,1-2H3,(H2,15,16). The molecule has 2 aromatic heterocycles. The van der Waals surface area contributed by atoms with Gasteiger partial charge in [-0.05, 0) is 25.1 Å². The third-order valence-corrected chi connectivity index (χ3v) is 3.07. The number of aryl methyl sites for hydroxylation is 1. The molecule has 0 aliphatic carbocycles. The number of aromatic nitrogens is 2. The van der Waals surface area contributed by atoms with Crippen molar-refractivity contribution >= 4 is 16.7 Å². The largest absolute Gasteiger partial charge is 0.494 e. The molecule has 0 aliphatic heterocycles. The summed E-state index contributed by atoms with van der Waals surface area (Å²) in [6.07, 6.45) is 2.00. The molecule has 0 spiro atoms. The highest BCUT2D eigenvalue weighted by Crippen LogP contribution is 2.33. The molecule has 5 heteroatoms. The van der Waals surface area contributed by atoms with Crippen molar-refractivity contribution in [1.82, 2.24) is 9.72 Å². The van der Waals surface area contributed by atoms with Crippen molar-refractivity contribution in [2.45, 2.75) is 6.92 Å². The predicted molar refractivity (Wildman–Crippen MR) is 74.0 cm³/mol. The van der Waals surface area contributed by atoms with Crippen LogP contribution in [-0.4, -0.2) is 16.3 Å². The molecular formula is C14H15N3O2. The fraction of sp³-hybridized carbons (Fsp3) is 0.214. The molecule has 0 atom stereocenters. The van der Waals surface area contributed by atoms with Gasteiger partial charge in [0.1, 0.15) is 5.75 Å². The van der Waals surface area contributed by atoms with E-state index in [1.807, 2.05) is 42.9 Å². The minimum atomic E-state index is 0.382. The summed E-state index contributed by atoms with van der Waals surface area (Å²) < 4.78 is 12.8. The van der Waals surface area contributed by atoms with Crippen molar-refractivity contribution in [3.8, 4) is 17.1 Å². The van der Waals surface area contributed by atoms with Crippen molar-refractivity contribution in [2.75, 3.05) is 12.3 Å². The molecule has 0 unspecified atom stereocenters. The second kappa shape index (κ2) is 4.35. The number of hydrogen-bond acceptors (Lipinski definition) is 4. The Bertz CT molecular complexity index is 727. The Labute approximate surface area is 110 Å². The molecule has 0 aliphatic rings. The Balaban J connectivity index is 2.20. The molecule has 1 aromatic carbocycles. The van der Waals surface area contributed by atoms with Crippen molar-refractivity contribution < 1.29 is 9.26 Å². The van der Waals surface area contributed by atoms with Gasteiger partial charge < -0.3 is 19.6 Å². The third kappa shape index (κ3) is 1.93. The molecule has 0 fully saturated rings. The van der Waals surface area contributed by atoms with E-state index < -0.39 is 0 Å². The minimum Gasteiger partial charge on any atom is -0.494 e. The summed E-state index contributed by atoms with van der Waals surface area (Å²) >= 11 is 0. The number of anilines is 1. The van der Waals surface area contributed by atoms with E-state index in [9.17, 15) is 0 Å². The van der Waals surface area contributed by atoms with Crippen molar-refractivity contribution in [2.24, 2.45) is 7.05 Å². The van der Waals surface area contributed by atoms with Crippen LogP contribution in [0.2, 0.25) is 0 Å². The predicted octanol–water partition coefficient (Wildman–Crippen LogP) is 2.81. The van der Waals surface area contributed by atoms with Gasteiger partial charge in [0.2, 0.25) is 0 Å². The van der Waals surface area contributed by atoms with Gasteiger partial charge >= 0.3 is 0 Å². The molecule has 3 rings (SSSR count). The van der Waals surface area contributed by atoms with E-state index in [4.69, 9.17) is 15.0 Å². The fourth-order valence-electron chi connectivity index (χ4n) is 2.24. The van der Waals surface area contributed by atoms with Crippen LogP contribution in [-0.2, 0) is 7.05 Å². The molecule has 3 aromatic rings. The molecule has 5 nitrogen and oxygen atoms in total. The fourth-order valence-corrected chi connectivity index (χ4v) is 2.24. The smallest absolute Gasteiger partial charge is 0.171 e. The number of nitrogen functional groups attached to an aromatic ring is 1. The Hall–Kier alpha value is -2.43. The molecular weight excluding hydrogens is 242 g/mol. The number of nitrogens with zero attached hydrogens (tertiary/aromatic N) is 2. The lowest BCUT2D eigenvalue weighted by atomic mass is 10.1. The zero-order chi connectivity index (χ0) is 13.4. The number of nitrogens with two attached hydrogens (primary N) is 1. The summed E-state index contributed by atoms with van der Waals surface area (Å²) in [7, 11) is 1.99. The van der Waals surface area contributed by atoms with Gasteiger partial charge in [-0.1, -0.05) is 5.16 Å². The van der Waals surface area contributed by atoms with Gasteiger partial charge in [-0.25, -0.2) is 0 Å². The van der Waals surface area contributed by atoms with Crippen LogP contribution >= 0.6 is 0 Å². The minimum absolute atomic E-state index is 0.382. The monoisotopic (exact) mass is 257 g/mol. The maximum Gasteiger partial charge on any atom is 0.171 e. The topological polar surface area (TPSA) is 66.2 Å². The van der Waals surface area contributed by atoms with E-state index in [1.165, 1.54) is 0 Å². The zero-order valence-corrected chi connectivity index (χ0v) is 10.9. The highest BCUT2D eigenvalue weighted by molar-refractivity contribution is 5.95. The van der Waals surface area contributed by atoms with Gasteiger partial charge in [0.05, 0.1) is 6.61 Å². The van der Waals surface area contributed by atoms with Crippen molar-refractivity contribution in [3.63, 3.8) is 0 Å². The first-order chi connectivity index (χ1) is 9.19. The summed E-state index contributed by atoms with van der Waals surface area (Å²) in [5, 5.41) is 4.79. The highest BCUT2D eigenvalue weighted by atomic mass is 16.5. The highest BCUT2D eigenvalue weighted by Gasteiger charge is 2.13. The number of hydrogen-bond donors (Lipinski definition) is 1. The lowest BCUT2D eigenvalue weighted by molar-refractivity contribution is 0.340. The Morgan fingerprint density at radius 1 is 1.37 bits per heavy atom. The van der Waals surface area contributed by atoms with Crippen LogP contribution in [0, 0.1) is 0 Å². The van der Waals surface area contributed by atoms with Gasteiger partial charge in [-0.15, -0.1) is 0 Å². The summed E-state index contributed by atoms with van der Waals surface area (Å²) in [6.45, 7) is 2.61. The van der Waals surface area contributed by atoms with E-state index in [0.717, 1.165) is 22.2 Å². The number of fused-ring (bicyclic) bond motifs is 1. The SMILES string of the molecule is CCOc1ccc2c(c1)c(-c1cc(N)no1)cn2C. The van der Waals surface area contributed by atoms with Crippen LogP contribution in [0.5, 0.6) is 5.75 Å². The van der Waals surface area contributed by atoms with Crippen molar-refractivity contribution in [3.05, 3.63) is 30.5 Å². The number of ether oxygens (including phenoxy) is 1. The lowest BCUT2D eigenvalue weighted by Crippen LogP contribution is -1.91.